The SMILES string of the molecule is C[SiH](C)[Zr]([CH3])([CH3])([CH]1C=Cc2ccccc21)[CH]1C=Cc2ccccc21. The van der Waals surface area contributed by atoms with Crippen molar-refractivity contribution in [3.05, 3.63) is 82.9 Å². The summed E-state index contributed by atoms with van der Waals surface area (Å²) in [4.78, 5) is 0. The Balaban J connectivity index is 1.92. The maximum atomic E-state index is 2.77. The van der Waals surface area contributed by atoms with Gasteiger partial charge in [0.05, 0.1) is 0 Å². The summed E-state index contributed by atoms with van der Waals surface area (Å²) in [5.41, 5.74) is 6.12. The van der Waals surface area contributed by atoms with Gasteiger partial charge >= 0.3 is 149 Å². The van der Waals surface area contributed by atoms with E-state index in [2.05, 4.69) is 95.2 Å². The molecule has 2 heteroatoms. The molecule has 4 rings (SSSR count). The van der Waals surface area contributed by atoms with E-state index >= 15 is 0 Å². The summed E-state index contributed by atoms with van der Waals surface area (Å²) in [5, 5.41) is 0. The van der Waals surface area contributed by atoms with Gasteiger partial charge in [-0.05, 0) is 0 Å². The fourth-order valence-electron chi connectivity index (χ4n) is 5.00. The number of hydrogen-bond acceptors (Lipinski definition) is 0. The van der Waals surface area contributed by atoms with E-state index in [1.165, 1.54) is 11.1 Å². The molecule has 0 aliphatic heterocycles. The monoisotopic (exact) mass is 409 g/mol. The summed E-state index contributed by atoms with van der Waals surface area (Å²) in [6, 6.07) is 18.2. The van der Waals surface area contributed by atoms with E-state index in [-0.39, 0.29) is 0 Å². The molecule has 0 saturated heterocycles. The van der Waals surface area contributed by atoms with Gasteiger partial charge in [0, 0.05) is 0 Å². The van der Waals surface area contributed by atoms with Gasteiger partial charge in [-0.25, -0.2) is 0 Å². The standard InChI is InChI=1S/2C9H7.C2H7Si.2CH3.Zr/c2*1-2-5-9-7-3-6-8(9)4-1;1-3-2;;;/h2*1-7H;3H,1-2H3;2*1H3;. The van der Waals surface area contributed by atoms with Crippen molar-refractivity contribution >= 4 is 18.1 Å². The average molecular weight is 411 g/mol. The first kappa shape index (κ1) is 16.5. The Morgan fingerprint density at radius 2 is 1.12 bits per heavy atom. The predicted octanol–water partition coefficient (Wildman–Crippen LogP) is 6.29. The average Bonchev–Trinajstić information content (AvgIpc) is 3.20. The first-order valence-electron chi connectivity index (χ1n) is 9.16. The van der Waals surface area contributed by atoms with E-state index < -0.39 is 23.9 Å². The van der Waals surface area contributed by atoms with Crippen molar-refractivity contribution in [1.82, 2.24) is 0 Å². The minimum absolute atomic E-state index is 0.690. The number of benzene rings is 2. The van der Waals surface area contributed by atoms with Gasteiger partial charge in [-0.3, -0.25) is 0 Å². The number of hydrogen-bond donors (Lipinski definition) is 0. The Bertz CT molecular complexity index is 794. The zero-order chi connectivity index (χ0) is 17.0. The van der Waals surface area contributed by atoms with Crippen LogP contribution in [0.3, 0.4) is 0 Å². The van der Waals surface area contributed by atoms with Gasteiger partial charge in [0.25, 0.3) is 0 Å². The quantitative estimate of drug-likeness (QED) is 0.521. The summed E-state index contributed by atoms with van der Waals surface area (Å²) < 4.78 is 6.92. The van der Waals surface area contributed by atoms with Crippen LogP contribution in [0.15, 0.2) is 60.7 Å². The maximum absolute atomic E-state index is 3.11. The molecule has 0 fully saturated rings. The van der Waals surface area contributed by atoms with Crippen LogP contribution in [0.4, 0.5) is 0 Å². The van der Waals surface area contributed by atoms with E-state index in [4.69, 9.17) is 0 Å². The third-order valence-corrected chi connectivity index (χ3v) is 54.3. The molecule has 0 nitrogen and oxygen atoms in total. The molecule has 24 heavy (non-hydrogen) atoms. The Kier molecular flexibility index (Phi) is 3.79. The molecule has 0 radical (unpaired) electrons. The van der Waals surface area contributed by atoms with E-state index in [1.54, 1.807) is 11.1 Å². The van der Waals surface area contributed by atoms with Crippen LogP contribution in [0.2, 0.25) is 22.4 Å². The first-order valence-corrected chi connectivity index (χ1v) is 24.1. The van der Waals surface area contributed by atoms with E-state index in [1.807, 2.05) is 0 Å². The van der Waals surface area contributed by atoms with E-state index in [0.717, 1.165) is 0 Å². The molecule has 0 aromatic heterocycles. The molecular formula is C22H27SiZr. The van der Waals surface area contributed by atoms with Gasteiger partial charge in [-0.1, -0.05) is 0 Å². The Morgan fingerprint density at radius 3 is 1.54 bits per heavy atom. The molecule has 2 aliphatic carbocycles. The van der Waals surface area contributed by atoms with Crippen molar-refractivity contribution in [3.8, 4) is 0 Å². The van der Waals surface area contributed by atoms with Crippen LogP contribution in [0.5, 0.6) is 0 Å². The van der Waals surface area contributed by atoms with Crippen LogP contribution in [0.1, 0.15) is 29.5 Å². The fraction of sp³-hybridized carbons (Fsp3) is 0.273. The molecule has 2 unspecified atom stereocenters. The second-order valence-corrected chi connectivity index (χ2v) is 46.9. The molecule has 0 N–H and O–H groups in total. The van der Waals surface area contributed by atoms with Crippen LogP contribution in [0, 0.1) is 0 Å². The van der Waals surface area contributed by atoms with Crippen molar-refractivity contribution in [2.75, 3.05) is 0 Å². The van der Waals surface area contributed by atoms with Gasteiger partial charge < -0.3 is 0 Å². The Morgan fingerprint density at radius 1 is 0.708 bits per heavy atom. The zero-order valence-corrected chi connectivity index (χ0v) is 18.8. The molecule has 0 spiro atoms. The zero-order valence-electron chi connectivity index (χ0n) is 15.2. The third kappa shape index (κ3) is 2.12. The number of fused-ring (bicyclic) bond motifs is 2. The molecule has 2 aliphatic rings. The molecule has 0 amide bonds. The summed E-state index contributed by atoms with van der Waals surface area (Å²) >= 11 is -3.11. The number of rotatable bonds is 3. The molecular weight excluding hydrogens is 384 g/mol. The minimum atomic E-state index is -3.11. The first-order chi connectivity index (χ1) is 11.4. The van der Waals surface area contributed by atoms with Gasteiger partial charge in [0.15, 0.2) is 0 Å². The van der Waals surface area contributed by atoms with Gasteiger partial charge in [-0.2, -0.15) is 0 Å². The third-order valence-electron chi connectivity index (χ3n) is 7.38. The van der Waals surface area contributed by atoms with Crippen LogP contribution in [-0.2, 0) is 17.9 Å². The molecule has 123 valence electrons. The van der Waals surface area contributed by atoms with Crippen molar-refractivity contribution in [2.24, 2.45) is 0 Å². The molecule has 2 aromatic carbocycles. The van der Waals surface area contributed by atoms with Crippen molar-refractivity contribution in [1.29, 1.82) is 0 Å². The summed E-state index contributed by atoms with van der Waals surface area (Å²) in [6.45, 7) is 5.24. The summed E-state index contributed by atoms with van der Waals surface area (Å²) in [6.07, 6.45) is 9.92. The second kappa shape index (κ2) is 5.51. The van der Waals surface area contributed by atoms with Crippen LogP contribution >= 0.6 is 0 Å². The fourth-order valence-corrected chi connectivity index (χ4v) is 31.0. The molecule has 0 heterocycles. The van der Waals surface area contributed by atoms with Gasteiger partial charge in [-0.15, -0.1) is 0 Å². The molecule has 2 aromatic rings. The Labute approximate surface area is 148 Å². The number of allylic oxidation sites excluding steroid dienone is 2. The molecule has 2 atom stereocenters. The van der Waals surface area contributed by atoms with Crippen LogP contribution in [-0.4, -0.2) is 5.92 Å². The van der Waals surface area contributed by atoms with E-state index in [0.29, 0.717) is 7.25 Å². The topological polar surface area (TPSA) is 0 Å². The normalized spacial score (nSPS) is 23.1. The second-order valence-electron chi connectivity index (χ2n) is 8.82. The summed E-state index contributed by atoms with van der Waals surface area (Å²) in [5.74, 6) is -0.832. The van der Waals surface area contributed by atoms with Crippen molar-refractivity contribution < 1.29 is 17.9 Å². The van der Waals surface area contributed by atoms with Crippen LogP contribution < -0.4 is 0 Å². The molecule has 0 bridgehead atoms. The van der Waals surface area contributed by atoms with Crippen molar-refractivity contribution in [2.45, 2.75) is 29.6 Å². The van der Waals surface area contributed by atoms with Gasteiger partial charge in [0.2, 0.25) is 0 Å². The van der Waals surface area contributed by atoms with Crippen LogP contribution in [0.25, 0.3) is 12.2 Å². The Hall–Kier alpha value is -0.980. The predicted molar refractivity (Wildman–Crippen MR) is 107 cm³/mol. The summed E-state index contributed by atoms with van der Waals surface area (Å²) in [7, 11) is 0. The molecule has 0 saturated carbocycles. The van der Waals surface area contributed by atoms with Gasteiger partial charge in [0.1, 0.15) is 0 Å². The van der Waals surface area contributed by atoms with E-state index in [9.17, 15) is 0 Å². The van der Waals surface area contributed by atoms with Crippen molar-refractivity contribution in [3.63, 3.8) is 0 Å².